The first-order chi connectivity index (χ1) is 14.5. The lowest BCUT2D eigenvalue weighted by Gasteiger charge is -2.13. The fourth-order valence-electron chi connectivity index (χ4n) is 3.41. The summed E-state index contributed by atoms with van der Waals surface area (Å²) in [5.74, 6) is 0.345. The average Bonchev–Trinajstić information content (AvgIpc) is 2.77. The van der Waals surface area contributed by atoms with E-state index in [-0.39, 0.29) is 12.6 Å². The first-order valence-electron chi connectivity index (χ1n) is 9.89. The van der Waals surface area contributed by atoms with Crippen LogP contribution in [0.25, 0.3) is 28.3 Å². The van der Waals surface area contributed by atoms with Gasteiger partial charge >= 0.3 is 5.97 Å². The van der Waals surface area contributed by atoms with Crippen LogP contribution in [-0.2, 0) is 16.1 Å². The van der Waals surface area contributed by atoms with Crippen LogP contribution in [0.5, 0.6) is 5.75 Å². The Bertz CT molecular complexity index is 1070. The van der Waals surface area contributed by atoms with Gasteiger partial charge in [0.1, 0.15) is 5.75 Å². The normalized spacial score (nSPS) is 10.9. The summed E-state index contributed by atoms with van der Waals surface area (Å²) in [6, 6.07) is 20.0. The summed E-state index contributed by atoms with van der Waals surface area (Å²) in [5, 5.41) is 9.42. The molecule has 0 aromatic heterocycles. The van der Waals surface area contributed by atoms with Crippen molar-refractivity contribution >= 4 is 12.0 Å². The van der Waals surface area contributed by atoms with Crippen molar-refractivity contribution < 1.29 is 19.4 Å². The zero-order valence-corrected chi connectivity index (χ0v) is 17.5. The second-order valence-electron chi connectivity index (χ2n) is 6.93. The van der Waals surface area contributed by atoms with E-state index in [2.05, 4.69) is 25.1 Å². The Morgan fingerprint density at radius 2 is 1.77 bits per heavy atom. The molecule has 0 amide bonds. The monoisotopic (exact) mass is 402 g/mol. The lowest BCUT2D eigenvalue weighted by molar-refractivity contribution is -0.137. The van der Waals surface area contributed by atoms with Crippen molar-refractivity contribution in [1.29, 1.82) is 0 Å². The predicted octanol–water partition coefficient (Wildman–Crippen LogP) is 5.41. The van der Waals surface area contributed by atoms with E-state index in [1.54, 1.807) is 20.1 Å². The van der Waals surface area contributed by atoms with Gasteiger partial charge in [-0.25, -0.2) is 4.79 Å². The minimum atomic E-state index is -0.374. The molecular formula is C26H26O4. The topological polar surface area (TPSA) is 55.8 Å². The highest BCUT2D eigenvalue weighted by Crippen LogP contribution is 2.33. The van der Waals surface area contributed by atoms with Gasteiger partial charge in [-0.05, 0) is 77.1 Å². The van der Waals surface area contributed by atoms with E-state index in [0.29, 0.717) is 6.61 Å². The highest BCUT2D eigenvalue weighted by atomic mass is 16.5. The Morgan fingerprint density at radius 3 is 2.47 bits per heavy atom. The van der Waals surface area contributed by atoms with Gasteiger partial charge in [-0.3, -0.25) is 0 Å². The van der Waals surface area contributed by atoms with E-state index in [4.69, 9.17) is 9.47 Å². The number of benzene rings is 3. The molecule has 0 atom stereocenters. The number of esters is 1. The number of ether oxygens (including phenoxy) is 2. The minimum absolute atomic E-state index is 0.0208. The van der Waals surface area contributed by atoms with Crippen molar-refractivity contribution in [3.8, 4) is 28.0 Å². The summed E-state index contributed by atoms with van der Waals surface area (Å²) in [5.41, 5.74) is 7.11. The number of methoxy groups -OCH3 is 1. The maximum absolute atomic E-state index is 11.8. The molecule has 0 saturated carbocycles. The van der Waals surface area contributed by atoms with E-state index >= 15 is 0 Å². The van der Waals surface area contributed by atoms with Gasteiger partial charge in [0.15, 0.2) is 0 Å². The van der Waals surface area contributed by atoms with Crippen LogP contribution in [0, 0.1) is 6.92 Å². The molecule has 3 rings (SSSR count). The van der Waals surface area contributed by atoms with Crippen molar-refractivity contribution in [2.45, 2.75) is 20.5 Å². The number of aliphatic hydroxyl groups excluding tert-OH is 1. The van der Waals surface area contributed by atoms with Crippen LogP contribution in [0.4, 0.5) is 0 Å². The summed E-state index contributed by atoms with van der Waals surface area (Å²) in [7, 11) is 1.62. The summed E-state index contributed by atoms with van der Waals surface area (Å²) >= 11 is 0. The van der Waals surface area contributed by atoms with Crippen LogP contribution in [0.2, 0.25) is 0 Å². The number of carbonyl (C=O) groups excluding carboxylic acids is 1. The quantitative estimate of drug-likeness (QED) is 0.424. The molecule has 0 aliphatic carbocycles. The highest BCUT2D eigenvalue weighted by molar-refractivity contribution is 5.89. The Hall–Kier alpha value is -3.37. The summed E-state index contributed by atoms with van der Waals surface area (Å²) in [6.07, 6.45) is 3.19. The van der Waals surface area contributed by atoms with E-state index in [9.17, 15) is 9.90 Å². The highest BCUT2D eigenvalue weighted by Gasteiger charge is 2.09. The summed E-state index contributed by atoms with van der Waals surface area (Å²) < 4.78 is 10.3. The molecule has 0 aliphatic heterocycles. The standard InChI is InChI=1S/C26H26O4/c1-4-30-26(28)13-9-22-16-23(29-3)10-12-25(22)21-8-11-24(18(2)14-21)20-7-5-6-19(15-20)17-27/h5-16,27H,4,17H2,1-3H3/b13-9+. The molecule has 0 aliphatic rings. The number of aliphatic hydroxyl groups is 1. The van der Waals surface area contributed by atoms with E-state index in [1.165, 1.54) is 6.08 Å². The third-order valence-electron chi connectivity index (χ3n) is 4.90. The fourth-order valence-corrected chi connectivity index (χ4v) is 3.41. The van der Waals surface area contributed by atoms with E-state index < -0.39 is 0 Å². The molecule has 0 heterocycles. The van der Waals surface area contributed by atoms with Gasteiger partial charge < -0.3 is 14.6 Å². The van der Waals surface area contributed by atoms with Gasteiger partial charge in [-0.1, -0.05) is 42.5 Å². The van der Waals surface area contributed by atoms with Crippen molar-refractivity contribution in [2.75, 3.05) is 13.7 Å². The summed E-state index contributed by atoms with van der Waals surface area (Å²) in [6.45, 7) is 4.21. The van der Waals surface area contributed by atoms with E-state index in [0.717, 1.165) is 44.7 Å². The molecule has 0 spiro atoms. The van der Waals surface area contributed by atoms with Crippen molar-refractivity contribution in [1.82, 2.24) is 0 Å². The van der Waals surface area contributed by atoms with Crippen LogP contribution in [-0.4, -0.2) is 24.8 Å². The third-order valence-corrected chi connectivity index (χ3v) is 4.90. The predicted molar refractivity (Wildman–Crippen MR) is 120 cm³/mol. The molecule has 1 N–H and O–H groups in total. The molecule has 0 unspecified atom stereocenters. The van der Waals surface area contributed by atoms with Crippen LogP contribution in [0.3, 0.4) is 0 Å². The molecule has 30 heavy (non-hydrogen) atoms. The summed E-state index contributed by atoms with van der Waals surface area (Å²) in [4.78, 5) is 11.8. The van der Waals surface area contributed by atoms with Gasteiger partial charge in [-0.15, -0.1) is 0 Å². The van der Waals surface area contributed by atoms with Crippen molar-refractivity contribution in [3.05, 3.63) is 83.4 Å². The molecule has 3 aromatic rings. The number of aryl methyl sites for hydroxylation is 1. The molecule has 4 nitrogen and oxygen atoms in total. The number of rotatable bonds is 7. The molecule has 0 bridgehead atoms. The van der Waals surface area contributed by atoms with Crippen molar-refractivity contribution in [3.63, 3.8) is 0 Å². The average molecular weight is 402 g/mol. The second-order valence-corrected chi connectivity index (χ2v) is 6.93. The maximum Gasteiger partial charge on any atom is 0.330 e. The van der Waals surface area contributed by atoms with Crippen molar-refractivity contribution in [2.24, 2.45) is 0 Å². The zero-order chi connectivity index (χ0) is 21.5. The number of hydrogen-bond acceptors (Lipinski definition) is 4. The zero-order valence-electron chi connectivity index (χ0n) is 17.5. The van der Waals surface area contributed by atoms with Crippen LogP contribution < -0.4 is 4.74 Å². The third kappa shape index (κ3) is 4.97. The lowest BCUT2D eigenvalue weighted by Crippen LogP contribution is -1.99. The first kappa shape index (κ1) is 21.3. The lowest BCUT2D eigenvalue weighted by atomic mass is 9.93. The van der Waals surface area contributed by atoms with E-state index in [1.807, 2.05) is 42.5 Å². The molecule has 154 valence electrons. The van der Waals surface area contributed by atoms with Gasteiger partial charge in [0, 0.05) is 6.08 Å². The maximum atomic E-state index is 11.8. The Labute approximate surface area is 177 Å². The van der Waals surface area contributed by atoms with Gasteiger partial charge in [0.2, 0.25) is 0 Å². The molecular weight excluding hydrogens is 376 g/mol. The number of hydrogen-bond donors (Lipinski definition) is 1. The Morgan fingerprint density at radius 1 is 1.00 bits per heavy atom. The van der Waals surface area contributed by atoms with Crippen LogP contribution >= 0.6 is 0 Å². The fraction of sp³-hybridized carbons (Fsp3) is 0.192. The largest absolute Gasteiger partial charge is 0.497 e. The SMILES string of the molecule is CCOC(=O)/C=C/c1cc(OC)ccc1-c1ccc(-c2cccc(CO)c2)c(C)c1. The number of carbonyl (C=O) groups is 1. The van der Waals surface area contributed by atoms with Crippen LogP contribution in [0.15, 0.2) is 66.7 Å². The molecule has 0 radical (unpaired) electrons. The smallest absolute Gasteiger partial charge is 0.330 e. The second kappa shape index (κ2) is 9.90. The van der Waals surface area contributed by atoms with Crippen LogP contribution in [0.1, 0.15) is 23.6 Å². The van der Waals surface area contributed by atoms with Gasteiger partial charge in [-0.2, -0.15) is 0 Å². The Balaban J connectivity index is 2.01. The molecule has 4 heteroatoms. The molecule has 0 saturated heterocycles. The van der Waals surface area contributed by atoms with Gasteiger partial charge in [0.25, 0.3) is 0 Å². The Kier molecular flexibility index (Phi) is 7.04. The molecule has 0 fully saturated rings. The first-order valence-corrected chi connectivity index (χ1v) is 9.89. The molecule has 3 aromatic carbocycles. The van der Waals surface area contributed by atoms with Gasteiger partial charge in [0.05, 0.1) is 20.3 Å². The minimum Gasteiger partial charge on any atom is -0.497 e.